The smallest absolute Gasteiger partial charge is 0.340 e. The van der Waals surface area contributed by atoms with Gasteiger partial charge in [0.25, 0.3) is 0 Å². The van der Waals surface area contributed by atoms with Crippen molar-refractivity contribution in [2.24, 2.45) is 0 Å². The van der Waals surface area contributed by atoms with E-state index in [1.165, 1.54) is 36.6 Å². The lowest BCUT2D eigenvalue weighted by molar-refractivity contribution is 0.0601. The minimum atomic E-state index is -0.359. The normalized spacial score (nSPS) is 15.4. The van der Waals surface area contributed by atoms with Gasteiger partial charge in [0.1, 0.15) is 5.75 Å². The first-order chi connectivity index (χ1) is 15.2. The third kappa shape index (κ3) is 4.41. The molecule has 1 N–H and O–H groups in total. The molecule has 2 aromatic carbocycles. The number of nitrogens with one attached hydrogen (secondary N) is 1. The average Bonchev–Trinajstić information content (AvgIpc) is 3.66. The maximum Gasteiger partial charge on any atom is 0.340 e. The molecule has 2 aliphatic rings. The van der Waals surface area contributed by atoms with Gasteiger partial charge in [0, 0.05) is 18.7 Å². The number of aromatic nitrogens is 1. The molecule has 31 heavy (non-hydrogen) atoms. The number of carbonyl (C=O) groups excluding carboxylic acids is 1. The fourth-order valence-corrected chi connectivity index (χ4v) is 4.15. The van der Waals surface area contributed by atoms with E-state index in [1.54, 1.807) is 25.5 Å². The van der Waals surface area contributed by atoms with Crippen LogP contribution < -0.4 is 10.1 Å². The van der Waals surface area contributed by atoms with Gasteiger partial charge in [0.15, 0.2) is 0 Å². The molecule has 3 aromatic rings. The van der Waals surface area contributed by atoms with Crippen molar-refractivity contribution in [1.82, 2.24) is 4.98 Å². The van der Waals surface area contributed by atoms with Crippen LogP contribution >= 0.6 is 0 Å². The highest BCUT2D eigenvalue weighted by molar-refractivity contribution is 5.95. The number of rotatable bonds is 4. The Labute approximate surface area is 183 Å². The van der Waals surface area contributed by atoms with E-state index in [9.17, 15) is 4.79 Å². The molecule has 5 heteroatoms. The SMILES string of the molecule is CNc1cnccc1C(=O)OC.c1ccc(C2(c3ccc4c(c3)OCCC4)CC2)cc1. The van der Waals surface area contributed by atoms with Crippen LogP contribution in [0.25, 0.3) is 0 Å². The van der Waals surface area contributed by atoms with E-state index in [2.05, 4.69) is 63.6 Å². The van der Waals surface area contributed by atoms with Gasteiger partial charge in [0.2, 0.25) is 0 Å². The molecule has 5 nitrogen and oxygen atoms in total. The number of hydrogen-bond acceptors (Lipinski definition) is 5. The van der Waals surface area contributed by atoms with Crippen molar-refractivity contribution < 1.29 is 14.3 Å². The molecule has 1 saturated carbocycles. The Morgan fingerprint density at radius 2 is 1.90 bits per heavy atom. The summed E-state index contributed by atoms with van der Waals surface area (Å²) in [7, 11) is 3.08. The second-order valence-corrected chi connectivity index (χ2v) is 7.89. The number of aryl methyl sites for hydroxylation is 1. The number of fused-ring (bicyclic) bond motifs is 1. The van der Waals surface area contributed by atoms with Crippen molar-refractivity contribution in [2.45, 2.75) is 31.1 Å². The number of anilines is 1. The summed E-state index contributed by atoms with van der Waals surface area (Å²) >= 11 is 0. The standard InChI is InChI=1S/C18H18O.C8H10N2O2/c1-2-6-15(7-3-1)18(10-11-18)16-9-8-14-5-4-12-19-17(14)13-16;1-9-7-5-10-4-3-6(7)8(11)12-2/h1-3,6-9,13H,4-5,10-12H2;3-5,9H,1-2H3. The first kappa shape index (κ1) is 20.9. The molecule has 0 bridgehead atoms. The highest BCUT2D eigenvalue weighted by Gasteiger charge is 2.45. The van der Waals surface area contributed by atoms with Crippen LogP contribution in [0.15, 0.2) is 67.0 Å². The topological polar surface area (TPSA) is 60.5 Å². The van der Waals surface area contributed by atoms with Crippen LogP contribution in [0.3, 0.4) is 0 Å². The second-order valence-electron chi connectivity index (χ2n) is 7.89. The summed E-state index contributed by atoms with van der Waals surface area (Å²) in [6, 6.07) is 19.4. The number of esters is 1. The molecule has 2 heterocycles. The number of pyridine rings is 1. The Morgan fingerprint density at radius 3 is 2.61 bits per heavy atom. The summed E-state index contributed by atoms with van der Waals surface area (Å²) in [5, 5.41) is 2.85. The fraction of sp³-hybridized carbons (Fsp3) is 0.308. The second kappa shape index (κ2) is 9.21. The van der Waals surface area contributed by atoms with Crippen LogP contribution in [0, 0.1) is 0 Å². The van der Waals surface area contributed by atoms with Gasteiger partial charge in [-0.25, -0.2) is 4.79 Å². The highest BCUT2D eigenvalue weighted by Crippen LogP contribution is 2.54. The monoisotopic (exact) mass is 416 g/mol. The maximum atomic E-state index is 11.1. The molecule has 1 aliphatic carbocycles. The van der Waals surface area contributed by atoms with Crippen molar-refractivity contribution in [3.8, 4) is 5.75 Å². The summed E-state index contributed by atoms with van der Waals surface area (Å²) < 4.78 is 10.4. The van der Waals surface area contributed by atoms with Gasteiger partial charge in [-0.1, -0.05) is 42.5 Å². The van der Waals surface area contributed by atoms with Crippen LogP contribution in [0.4, 0.5) is 5.69 Å². The Bertz CT molecular complexity index is 1050. The van der Waals surface area contributed by atoms with Crippen LogP contribution in [-0.4, -0.2) is 31.7 Å². The largest absolute Gasteiger partial charge is 0.493 e. The molecule has 0 radical (unpaired) electrons. The van der Waals surface area contributed by atoms with Gasteiger partial charge in [-0.15, -0.1) is 0 Å². The Hall–Kier alpha value is -3.34. The van der Waals surface area contributed by atoms with Crippen LogP contribution in [0.5, 0.6) is 5.75 Å². The maximum absolute atomic E-state index is 11.1. The van der Waals surface area contributed by atoms with Crippen molar-refractivity contribution >= 4 is 11.7 Å². The van der Waals surface area contributed by atoms with Gasteiger partial charge in [-0.3, -0.25) is 4.98 Å². The molecular formula is C26H28N2O3. The predicted molar refractivity (Wildman–Crippen MR) is 122 cm³/mol. The molecular weight excluding hydrogens is 388 g/mol. The number of hydrogen-bond donors (Lipinski definition) is 1. The molecule has 0 saturated heterocycles. The van der Waals surface area contributed by atoms with E-state index in [0.29, 0.717) is 11.3 Å². The lowest BCUT2D eigenvalue weighted by Gasteiger charge is -2.22. The zero-order chi connectivity index (χ0) is 21.7. The van der Waals surface area contributed by atoms with Crippen molar-refractivity contribution in [1.29, 1.82) is 0 Å². The number of benzene rings is 2. The Kier molecular flexibility index (Phi) is 6.21. The average molecular weight is 417 g/mol. The molecule has 0 amide bonds. The molecule has 1 fully saturated rings. The van der Waals surface area contributed by atoms with Gasteiger partial charge in [-0.2, -0.15) is 0 Å². The Balaban J connectivity index is 0.000000168. The molecule has 1 aromatic heterocycles. The predicted octanol–water partition coefficient (Wildman–Crippen LogP) is 5.00. The van der Waals surface area contributed by atoms with Gasteiger partial charge >= 0.3 is 5.97 Å². The van der Waals surface area contributed by atoms with E-state index in [-0.39, 0.29) is 11.4 Å². The third-order valence-electron chi connectivity index (χ3n) is 6.04. The zero-order valence-electron chi connectivity index (χ0n) is 18.1. The van der Waals surface area contributed by atoms with Crippen LogP contribution in [0.1, 0.15) is 46.3 Å². The van der Waals surface area contributed by atoms with E-state index in [4.69, 9.17) is 4.74 Å². The first-order valence-corrected chi connectivity index (χ1v) is 10.7. The van der Waals surface area contributed by atoms with Gasteiger partial charge < -0.3 is 14.8 Å². The lowest BCUT2D eigenvalue weighted by Crippen LogP contribution is -2.12. The summed E-state index contributed by atoms with van der Waals surface area (Å²) in [4.78, 5) is 15.0. The van der Waals surface area contributed by atoms with Crippen LogP contribution in [0.2, 0.25) is 0 Å². The zero-order valence-corrected chi connectivity index (χ0v) is 18.1. The number of carbonyl (C=O) groups is 1. The summed E-state index contributed by atoms with van der Waals surface area (Å²) in [6.07, 6.45) is 7.95. The van der Waals surface area contributed by atoms with Gasteiger partial charge in [-0.05, 0) is 54.5 Å². The third-order valence-corrected chi connectivity index (χ3v) is 6.04. The number of ether oxygens (including phenoxy) is 2. The number of methoxy groups -OCH3 is 1. The molecule has 5 rings (SSSR count). The van der Waals surface area contributed by atoms with Crippen LogP contribution in [-0.2, 0) is 16.6 Å². The highest BCUT2D eigenvalue weighted by atomic mass is 16.5. The molecule has 0 atom stereocenters. The minimum Gasteiger partial charge on any atom is -0.493 e. The lowest BCUT2D eigenvalue weighted by atomic mass is 9.87. The first-order valence-electron chi connectivity index (χ1n) is 10.7. The quantitative estimate of drug-likeness (QED) is 0.607. The molecule has 1 aliphatic heterocycles. The Morgan fingerprint density at radius 1 is 1.10 bits per heavy atom. The molecule has 0 unspecified atom stereocenters. The fourth-order valence-electron chi connectivity index (χ4n) is 4.15. The summed E-state index contributed by atoms with van der Waals surface area (Å²) in [5.41, 5.74) is 5.68. The van der Waals surface area contributed by atoms with E-state index < -0.39 is 0 Å². The summed E-state index contributed by atoms with van der Waals surface area (Å²) in [6.45, 7) is 0.870. The molecule has 160 valence electrons. The minimum absolute atomic E-state index is 0.261. The van der Waals surface area contributed by atoms with Crippen molar-refractivity contribution in [3.63, 3.8) is 0 Å². The van der Waals surface area contributed by atoms with E-state index in [0.717, 1.165) is 25.2 Å². The van der Waals surface area contributed by atoms with Crippen molar-refractivity contribution in [2.75, 3.05) is 26.1 Å². The summed E-state index contributed by atoms with van der Waals surface area (Å²) in [5.74, 6) is 0.757. The molecule has 0 spiro atoms. The number of nitrogens with zero attached hydrogens (tertiary/aromatic N) is 1. The van der Waals surface area contributed by atoms with E-state index >= 15 is 0 Å². The van der Waals surface area contributed by atoms with Crippen molar-refractivity contribution in [3.05, 3.63) is 89.2 Å². The van der Waals surface area contributed by atoms with Gasteiger partial charge in [0.05, 0.1) is 31.2 Å². The van der Waals surface area contributed by atoms with E-state index in [1.807, 2.05) is 0 Å².